The lowest BCUT2D eigenvalue weighted by Crippen LogP contribution is -2.03. The average Bonchev–Trinajstić information content (AvgIpc) is 2.41. The summed E-state index contributed by atoms with van der Waals surface area (Å²) in [5.74, 6) is 0.531. The fraction of sp³-hybridized carbons (Fsp3) is 0.250. The maximum absolute atomic E-state index is 13.7. The van der Waals surface area contributed by atoms with Gasteiger partial charge in [-0.25, -0.2) is 4.39 Å². The molecule has 0 amide bonds. The van der Waals surface area contributed by atoms with Gasteiger partial charge in [-0.15, -0.1) is 0 Å². The second kappa shape index (κ2) is 6.37. The molecule has 0 radical (unpaired) electrons. The van der Waals surface area contributed by atoms with E-state index in [0.717, 1.165) is 26.9 Å². The van der Waals surface area contributed by atoms with Crippen molar-refractivity contribution in [1.82, 2.24) is 0 Å². The molecule has 0 spiro atoms. The molecule has 2 aromatic rings. The summed E-state index contributed by atoms with van der Waals surface area (Å²) in [6, 6.07) is 8.83. The van der Waals surface area contributed by atoms with Gasteiger partial charge in [0.2, 0.25) is 0 Å². The van der Waals surface area contributed by atoms with Crippen molar-refractivity contribution >= 4 is 15.9 Å². The molecule has 2 nitrogen and oxygen atoms in total. The topological polar surface area (TPSA) is 35.2 Å². The van der Waals surface area contributed by atoms with Crippen LogP contribution in [0.1, 0.15) is 22.3 Å². The van der Waals surface area contributed by atoms with Crippen molar-refractivity contribution < 1.29 is 9.13 Å². The number of halogens is 2. The van der Waals surface area contributed by atoms with Crippen LogP contribution in [0.5, 0.6) is 5.75 Å². The second-order valence-electron chi connectivity index (χ2n) is 4.79. The largest absolute Gasteiger partial charge is 0.488 e. The number of ether oxygens (including phenoxy) is 1. The summed E-state index contributed by atoms with van der Waals surface area (Å²) < 4.78 is 20.3. The van der Waals surface area contributed by atoms with Crippen LogP contribution in [0.4, 0.5) is 4.39 Å². The highest BCUT2D eigenvalue weighted by molar-refractivity contribution is 9.10. The fourth-order valence-corrected chi connectivity index (χ4v) is 2.60. The predicted octanol–water partition coefficient (Wildman–Crippen LogP) is 4.24. The number of aryl methyl sites for hydroxylation is 2. The Kier molecular flexibility index (Phi) is 4.78. The molecular weight excluding hydrogens is 321 g/mol. The van der Waals surface area contributed by atoms with Crippen molar-refractivity contribution in [1.29, 1.82) is 0 Å². The molecule has 2 rings (SSSR count). The second-order valence-corrected chi connectivity index (χ2v) is 5.70. The summed E-state index contributed by atoms with van der Waals surface area (Å²) in [5, 5.41) is 0. The number of hydrogen-bond acceptors (Lipinski definition) is 2. The molecule has 2 N–H and O–H groups in total. The molecule has 0 bridgehead atoms. The molecule has 106 valence electrons. The van der Waals surface area contributed by atoms with Gasteiger partial charge in [-0.2, -0.15) is 0 Å². The van der Waals surface area contributed by atoms with Crippen LogP contribution < -0.4 is 10.5 Å². The van der Waals surface area contributed by atoms with E-state index in [2.05, 4.69) is 15.9 Å². The molecular formula is C16H17BrFNO. The molecule has 0 saturated heterocycles. The summed E-state index contributed by atoms with van der Waals surface area (Å²) in [7, 11) is 0. The van der Waals surface area contributed by atoms with Crippen LogP contribution in [0.3, 0.4) is 0 Å². The number of benzene rings is 2. The van der Waals surface area contributed by atoms with Crippen LogP contribution in [0, 0.1) is 19.7 Å². The summed E-state index contributed by atoms with van der Waals surface area (Å²) in [5.41, 5.74) is 9.27. The molecule has 0 atom stereocenters. The lowest BCUT2D eigenvalue weighted by molar-refractivity contribution is 0.295. The van der Waals surface area contributed by atoms with Gasteiger partial charge in [0, 0.05) is 16.6 Å². The molecule has 4 heteroatoms. The van der Waals surface area contributed by atoms with Crippen LogP contribution in [0.15, 0.2) is 34.8 Å². The summed E-state index contributed by atoms with van der Waals surface area (Å²) in [6.45, 7) is 4.65. The monoisotopic (exact) mass is 337 g/mol. The van der Waals surface area contributed by atoms with Gasteiger partial charge in [-0.05, 0) is 48.7 Å². The summed E-state index contributed by atoms with van der Waals surface area (Å²) in [4.78, 5) is 0. The highest BCUT2D eigenvalue weighted by atomic mass is 79.9. The Labute approximate surface area is 126 Å². The highest BCUT2D eigenvalue weighted by Gasteiger charge is 2.09. The lowest BCUT2D eigenvalue weighted by atomic mass is 10.1. The van der Waals surface area contributed by atoms with Crippen molar-refractivity contribution in [3.8, 4) is 5.75 Å². The van der Waals surface area contributed by atoms with Crippen LogP contribution in [0.2, 0.25) is 0 Å². The molecule has 0 saturated carbocycles. The molecule has 0 aliphatic rings. The van der Waals surface area contributed by atoms with E-state index in [4.69, 9.17) is 10.5 Å². The standard InChI is InChI=1S/C16H17BrFNO/c1-10-5-12(8-19)6-11(2)16(10)20-9-13-7-14(17)3-4-15(13)18/h3-7H,8-9,19H2,1-2H3. The molecule has 0 aromatic heterocycles. The smallest absolute Gasteiger partial charge is 0.129 e. The Morgan fingerprint density at radius 3 is 2.40 bits per heavy atom. The van der Waals surface area contributed by atoms with E-state index in [0.29, 0.717) is 12.1 Å². The third-order valence-electron chi connectivity index (χ3n) is 3.14. The first kappa shape index (κ1) is 15.0. The molecule has 0 fully saturated rings. The first-order valence-electron chi connectivity index (χ1n) is 6.38. The first-order valence-corrected chi connectivity index (χ1v) is 7.17. The van der Waals surface area contributed by atoms with Crippen LogP contribution in [-0.4, -0.2) is 0 Å². The molecule has 0 unspecified atom stereocenters. The van der Waals surface area contributed by atoms with Gasteiger partial charge in [0.05, 0.1) is 0 Å². The first-order chi connectivity index (χ1) is 9.51. The molecule has 0 aliphatic heterocycles. The zero-order valence-electron chi connectivity index (χ0n) is 11.5. The van der Waals surface area contributed by atoms with Gasteiger partial charge in [-0.3, -0.25) is 0 Å². The van der Waals surface area contributed by atoms with Crippen LogP contribution in [-0.2, 0) is 13.2 Å². The third-order valence-corrected chi connectivity index (χ3v) is 3.63. The highest BCUT2D eigenvalue weighted by Crippen LogP contribution is 2.26. The van der Waals surface area contributed by atoms with Gasteiger partial charge >= 0.3 is 0 Å². The predicted molar refractivity (Wildman–Crippen MR) is 82.2 cm³/mol. The Balaban J connectivity index is 2.21. The Morgan fingerprint density at radius 1 is 1.15 bits per heavy atom. The Morgan fingerprint density at radius 2 is 1.80 bits per heavy atom. The Bertz CT molecular complexity index is 605. The van der Waals surface area contributed by atoms with E-state index in [1.54, 1.807) is 12.1 Å². The van der Waals surface area contributed by atoms with Gasteiger partial charge in [0.1, 0.15) is 18.2 Å². The van der Waals surface area contributed by atoms with E-state index in [9.17, 15) is 4.39 Å². The summed E-state index contributed by atoms with van der Waals surface area (Å²) >= 11 is 3.33. The lowest BCUT2D eigenvalue weighted by Gasteiger charge is -2.14. The van der Waals surface area contributed by atoms with Crippen molar-refractivity contribution in [3.63, 3.8) is 0 Å². The molecule has 0 heterocycles. The van der Waals surface area contributed by atoms with E-state index in [-0.39, 0.29) is 12.4 Å². The SMILES string of the molecule is Cc1cc(CN)cc(C)c1OCc1cc(Br)ccc1F. The van der Waals surface area contributed by atoms with E-state index in [1.807, 2.05) is 26.0 Å². The van der Waals surface area contributed by atoms with Crippen molar-refractivity contribution in [2.75, 3.05) is 0 Å². The quantitative estimate of drug-likeness (QED) is 0.905. The minimum Gasteiger partial charge on any atom is -0.488 e. The van der Waals surface area contributed by atoms with Crippen molar-refractivity contribution in [3.05, 3.63) is 62.9 Å². The summed E-state index contributed by atoms with van der Waals surface area (Å²) in [6.07, 6.45) is 0. The van der Waals surface area contributed by atoms with Crippen molar-refractivity contribution in [2.24, 2.45) is 5.73 Å². The molecule has 20 heavy (non-hydrogen) atoms. The van der Waals surface area contributed by atoms with E-state index >= 15 is 0 Å². The van der Waals surface area contributed by atoms with Gasteiger partial charge in [-0.1, -0.05) is 28.1 Å². The fourth-order valence-electron chi connectivity index (χ4n) is 2.19. The average molecular weight is 338 g/mol. The molecule has 0 aliphatic carbocycles. The number of hydrogen-bond donors (Lipinski definition) is 1. The van der Waals surface area contributed by atoms with E-state index < -0.39 is 0 Å². The zero-order valence-corrected chi connectivity index (χ0v) is 13.1. The number of nitrogens with two attached hydrogens (primary N) is 1. The van der Waals surface area contributed by atoms with Crippen LogP contribution in [0.25, 0.3) is 0 Å². The Hall–Kier alpha value is -1.39. The van der Waals surface area contributed by atoms with Gasteiger partial charge in [0.25, 0.3) is 0 Å². The van der Waals surface area contributed by atoms with Gasteiger partial charge in [0.15, 0.2) is 0 Å². The minimum atomic E-state index is -0.262. The number of rotatable bonds is 4. The van der Waals surface area contributed by atoms with Crippen LogP contribution >= 0.6 is 15.9 Å². The van der Waals surface area contributed by atoms with Crippen molar-refractivity contribution in [2.45, 2.75) is 27.0 Å². The molecule has 2 aromatic carbocycles. The zero-order chi connectivity index (χ0) is 14.7. The van der Waals surface area contributed by atoms with Gasteiger partial charge < -0.3 is 10.5 Å². The minimum absolute atomic E-state index is 0.203. The maximum atomic E-state index is 13.7. The normalized spacial score (nSPS) is 10.7. The third kappa shape index (κ3) is 3.38. The van der Waals surface area contributed by atoms with E-state index in [1.165, 1.54) is 6.07 Å². The maximum Gasteiger partial charge on any atom is 0.129 e.